The fourth-order valence-electron chi connectivity index (χ4n) is 5.45. The van der Waals surface area contributed by atoms with Crippen molar-refractivity contribution in [3.8, 4) is 5.75 Å². The van der Waals surface area contributed by atoms with E-state index in [4.69, 9.17) is 14.7 Å². The van der Waals surface area contributed by atoms with Crippen molar-refractivity contribution < 1.29 is 9.53 Å². The average Bonchev–Trinajstić information content (AvgIpc) is 3.50. The lowest BCUT2D eigenvalue weighted by molar-refractivity contribution is -0.129. The molecule has 1 atom stereocenters. The van der Waals surface area contributed by atoms with E-state index in [9.17, 15) is 4.79 Å². The van der Waals surface area contributed by atoms with E-state index in [1.807, 2.05) is 11.9 Å². The molecule has 1 saturated carbocycles. The van der Waals surface area contributed by atoms with E-state index in [1.165, 1.54) is 31.2 Å². The first-order valence-corrected chi connectivity index (χ1v) is 12.4. The molecular weight excluding hydrogens is 414 g/mol. The number of likely N-dealkylation sites (tertiary alicyclic amines) is 1. The number of rotatable bonds is 6. The molecule has 0 unspecified atom stereocenters. The van der Waals surface area contributed by atoms with E-state index < -0.39 is 0 Å². The van der Waals surface area contributed by atoms with Gasteiger partial charge in [-0.1, -0.05) is 12.1 Å². The zero-order valence-corrected chi connectivity index (χ0v) is 19.8. The maximum absolute atomic E-state index is 11.8. The highest BCUT2D eigenvalue weighted by Gasteiger charge is 2.30. The number of benzene rings is 1. The number of ether oxygens (including phenoxy) is 1. The molecule has 3 heterocycles. The fraction of sp³-hybridized carbons (Fsp3) is 0.577. The monoisotopic (exact) mass is 449 g/mol. The second kappa shape index (κ2) is 9.67. The van der Waals surface area contributed by atoms with Gasteiger partial charge in [0, 0.05) is 51.5 Å². The molecule has 1 aromatic carbocycles. The summed E-state index contributed by atoms with van der Waals surface area (Å²) >= 11 is 0. The van der Waals surface area contributed by atoms with Gasteiger partial charge < -0.3 is 15.0 Å². The van der Waals surface area contributed by atoms with Crippen LogP contribution in [0.15, 0.2) is 24.3 Å². The Labute approximate surface area is 196 Å². The van der Waals surface area contributed by atoms with Gasteiger partial charge in [-0.3, -0.25) is 9.69 Å². The summed E-state index contributed by atoms with van der Waals surface area (Å²) in [5.41, 5.74) is 3.46. The van der Waals surface area contributed by atoms with Gasteiger partial charge in [-0.05, 0) is 56.3 Å². The van der Waals surface area contributed by atoms with E-state index in [2.05, 4.69) is 34.5 Å². The molecule has 0 spiro atoms. The van der Waals surface area contributed by atoms with Gasteiger partial charge in [-0.2, -0.15) is 0 Å². The van der Waals surface area contributed by atoms with Crippen LogP contribution in [-0.2, 0) is 24.3 Å². The normalized spacial score (nSPS) is 21.3. The standard InChI is InChI=1S/C26H35N5O2/c1-18(32)31-13-11-24-23(17-31)26(27-2)29-25(28-24)20-10-12-30(16-20)15-19-6-5-9-22(14-19)33-21-7-3-4-8-21/h5-6,9,14,20-21H,3-4,7-8,10-13,15-17H2,1-2H3,(H,27,28,29)/t20-/m0/s1. The van der Waals surface area contributed by atoms with Crippen LogP contribution in [-0.4, -0.2) is 58.5 Å². The SMILES string of the molecule is CNc1nc([C@H]2CCN(Cc3cccc(OC4CCCC4)c3)C2)nc2c1CN(C(C)=O)CC2. The Morgan fingerprint density at radius 2 is 2.03 bits per heavy atom. The third kappa shape index (κ3) is 4.98. The smallest absolute Gasteiger partial charge is 0.219 e. The highest BCUT2D eigenvalue weighted by Crippen LogP contribution is 2.31. The molecule has 176 valence electrons. The number of anilines is 1. The number of carbonyl (C=O) groups is 1. The number of fused-ring (bicyclic) bond motifs is 1. The number of aromatic nitrogens is 2. The van der Waals surface area contributed by atoms with Crippen LogP contribution in [0.5, 0.6) is 5.75 Å². The minimum absolute atomic E-state index is 0.107. The second-order valence-corrected chi connectivity index (χ2v) is 9.69. The first-order valence-electron chi connectivity index (χ1n) is 12.4. The average molecular weight is 450 g/mol. The Hall–Kier alpha value is -2.67. The number of hydrogen-bond donors (Lipinski definition) is 1. The van der Waals surface area contributed by atoms with Crippen molar-refractivity contribution in [2.75, 3.05) is 32.0 Å². The van der Waals surface area contributed by atoms with Crippen LogP contribution in [0.3, 0.4) is 0 Å². The Balaban J connectivity index is 1.25. The molecule has 1 aliphatic carbocycles. The molecule has 2 fully saturated rings. The summed E-state index contributed by atoms with van der Waals surface area (Å²) < 4.78 is 6.20. The van der Waals surface area contributed by atoms with Gasteiger partial charge in [0.2, 0.25) is 5.91 Å². The molecule has 1 aromatic heterocycles. The topological polar surface area (TPSA) is 70.6 Å². The number of hydrogen-bond acceptors (Lipinski definition) is 6. The maximum Gasteiger partial charge on any atom is 0.219 e. The van der Waals surface area contributed by atoms with Crippen LogP contribution in [0.25, 0.3) is 0 Å². The van der Waals surface area contributed by atoms with Crippen molar-refractivity contribution in [2.24, 2.45) is 0 Å². The van der Waals surface area contributed by atoms with Crippen molar-refractivity contribution in [3.05, 3.63) is 46.9 Å². The van der Waals surface area contributed by atoms with E-state index in [-0.39, 0.29) is 5.91 Å². The third-order valence-electron chi connectivity index (χ3n) is 7.31. The number of carbonyl (C=O) groups excluding carboxylic acids is 1. The Morgan fingerprint density at radius 1 is 1.18 bits per heavy atom. The summed E-state index contributed by atoms with van der Waals surface area (Å²) in [6, 6.07) is 8.61. The van der Waals surface area contributed by atoms with Gasteiger partial charge in [-0.15, -0.1) is 0 Å². The lowest BCUT2D eigenvalue weighted by atomic mass is 10.0. The van der Waals surface area contributed by atoms with Crippen molar-refractivity contribution >= 4 is 11.7 Å². The lowest BCUT2D eigenvalue weighted by Crippen LogP contribution is -2.35. The molecular formula is C26H35N5O2. The van der Waals surface area contributed by atoms with Gasteiger partial charge in [-0.25, -0.2) is 9.97 Å². The van der Waals surface area contributed by atoms with Crippen LogP contribution in [0.2, 0.25) is 0 Å². The molecule has 2 aromatic rings. The van der Waals surface area contributed by atoms with Crippen molar-refractivity contribution in [2.45, 2.75) is 70.6 Å². The molecule has 0 radical (unpaired) electrons. The van der Waals surface area contributed by atoms with Gasteiger partial charge in [0.1, 0.15) is 17.4 Å². The van der Waals surface area contributed by atoms with Gasteiger partial charge in [0.15, 0.2) is 0 Å². The first-order chi connectivity index (χ1) is 16.1. The summed E-state index contributed by atoms with van der Waals surface area (Å²) in [4.78, 5) is 26.1. The van der Waals surface area contributed by atoms with E-state index in [0.29, 0.717) is 18.6 Å². The van der Waals surface area contributed by atoms with Gasteiger partial charge in [0.05, 0.1) is 18.3 Å². The van der Waals surface area contributed by atoms with Crippen molar-refractivity contribution in [1.29, 1.82) is 0 Å². The minimum Gasteiger partial charge on any atom is -0.490 e. The summed E-state index contributed by atoms with van der Waals surface area (Å²) in [5.74, 6) is 3.26. The number of nitrogens with zero attached hydrogens (tertiary/aromatic N) is 4. The highest BCUT2D eigenvalue weighted by atomic mass is 16.5. The molecule has 1 amide bonds. The summed E-state index contributed by atoms with van der Waals surface area (Å²) in [5, 5.41) is 3.25. The molecule has 7 nitrogen and oxygen atoms in total. The zero-order valence-electron chi connectivity index (χ0n) is 19.8. The lowest BCUT2D eigenvalue weighted by Gasteiger charge is -2.29. The molecule has 7 heteroatoms. The highest BCUT2D eigenvalue weighted by molar-refractivity contribution is 5.74. The molecule has 5 rings (SSSR count). The number of amides is 1. The third-order valence-corrected chi connectivity index (χ3v) is 7.31. The Bertz CT molecular complexity index is 987. The van der Waals surface area contributed by atoms with Crippen LogP contribution in [0, 0.1) is 0 Å². The molecule has 0 bridgehead atoms. The van der Waals surface area contributed by atoms with Gasteiger partial charge >= 0.3 is 0 Å². The molecule has 33 heavy (non-hydrogen) atoms. The van der Waals surface area contributed by atoms with E-state index in [1.54, 1.807) is 6.92 Å². The minimum atomic E-state index is 0.107. The maximum atomic E-state index is 11.8. The van der Waals surface area contributed by atoms with Gasteiger partial charge in [0.25, 0.3) is 0 Å². The van der Waals surface area contributed by atoms with Crippen molar-refractivity contribution in [3.63, 3.8) is 0 Å². The zero-order chi connectivity index (χ0) is 22.8. The van der Waals surface area contributed by atoms with Crippen LogP contribution in [0.1, 0.15) is 67.6 Å². The van der Waals surface area contributed by atoms with Crippen LogP contribution >= 0.6 is 0 Å². The van der Waals surface area contributed by atoms with Crippen LogP contribution < -0.4 is 10.1 Å². The van der Waals surface area contributed by atoms with Crippen molar-refractivity contribution in [1.82, 2.24) is 19.8 Å². The summed E-state index contributed by atoms with van der Waals surface area (Å²) in [7, 11) is 1.90. The quantitative estimate of drug-likeness (QED) is 0.725. The Morgan fingerprint density at radius 3 is 2.82 bits per heavy atom. The van der Waals surface area contributed by atoms with E-state index >= 15 is 0 Å². The van der Waals surface area contributed by atoms with E-state index in [0.717, 1.165) is 67.7 Å². The largest absolute Gasteiger partial charge is 0.490 e. The predicted octanol–water partition coefficient (Wildman–Crippen LogP) is 3.73. The molecule has 3 aliphatic rings. The molecule has 1 saturated heterocycles. The summed E-state index contributed by atoms with van der Waals surface area (Å²) in [6.07, 6.45) is 7.19. The predicted molar refractivity (Wildman–Crippen MR) is 128 cm³/mol. The van der Waals surface area contributed by atoms with Crippen LogP contribution in [0.4, 0.5) is 5.82 Å². The second-order valence-electron chi connectivity index (χ2n) is 9.69. The molecule has 1 N–H and O–H groups in total. The Kier molecular flexibility index (Phi) is 6.49. The molecule has 2 aliphatic heterocycles. The first kappa shape index (κ1) is 22.1. The fourth-order valence-corrected chi connectivity index (χ4v) is 5.45. The summed E-state index contributed by atoms with van der Waals surface area (Å²) in [6.45, 7) is 5.90. The number of nitrogens with one attached hydrogen (secondary N) is 1.